The third-order valence-electron chi connectivity index (χ3n) is 2.73. The highest BCUT2D eigenvalue weighted by Gasteiger charge is 2.17. The molecule has 7 nitrogen and oxygen atoms in total. The molecule has 0 aliphatic rings. The molecule has 2 aromatic rings. The van der Waals surface area contributed by atoms with E-state index in [2.05, 4.69) is 47.4 Å². The van der Waals surface area contributed by atoms with E-state index in [1.165, 1.54) is 10.9 Å². The molecule has 21 heavy (non-hydrogen) atoms. The van der Waals surface area contributed by atoms with E-state index in [4.69, 9.17) is 10.9 Å². The number of halogens is 2. The van der Waals surface area contributed by atoms with Gasteiger partial charge < -0.3 is 16.3 Å². The monoisotopic (exact) mass is 415 g/mol. The summed E-state index contributed by atoms with van der Waals surface area (Å²) in [5, 5.41) is 18.3. The third kappa shape index (κ3) is 3.24. The van der Waals surface area contributed by atoms with E-state index < -0.39 is 0 Å². The number of hydrogen-bond acceptors (Lipinski definition) is 4. The van der Waals surface area contributed by atoms with Gasteiger partial charge in [0.15, 0.2) is 5.84 Å². The summed E-state index contributed by atoms with van der Waals surface area (Å²) >= 11 is 6.64. The number of rotatable bonds is 3. The number of nitrogens with zero attached hydrogens (tertiary/aromatic N) is 3. The second-order valence-electron chi connectivity index (χ2n) is 4.09. The zero-order valence-corrected chi connectivity index (χ0v) is 14.0. The van der Waals surface area contributed by atoms with E-state index >= 15 is 0 Å². The molecule has 0 saturated heterocycles. The van der Waals surface area contributed by atoms with Gasteiger partial charge in [-0.1, -0.05) is 21.1 Å². The van der Waals surface area contributed by atoms with Crippen molar-refractivity contribution in [2.75, 3.05) is 5.32 Å². The number of anilines is 1. The number of nitrogens with one attached hydrogen (secondary N) is 1. The molecule has 9 heteroatoms. The minimum absolute atomic E-state index is 0.133. The van der Waals surface area contributed by atoms with Crippen LogP contribution in [0.1, 0.15) is 15.9 Å². The van der Waals surface area contributed by atoms with Crippen molar-refractivity contribution < 1.29 is 10.0 Å². The SMILES string of the molecule is Cn1ncc(/C(N)=N/O)c1NC(=O)c1cc(Br)ccc1Br. The van der Waals surface area contributed by atoms with Crippen LogP contribution in [0.4, 0.5) is 5.82 Å². The highest BCUT2D eigenvalue weighted by atomic mass is 79.9. The van der Waals surface area contributed by atoms with E-state index in [-0.39, 0.29) is 11.7 Å². The van der Waals surface area contributed by atoms with Crippen molar-refractivity contribution in [3.63, 3.8) is 0 Å². The first-order chi connectivity index (χ1) is 9.93. The number of nitrogens with two attached hydrogens (primary N) is 1. The van der Waals surface area contributed by atoms with Crippen LogP contribution in [0.25, 0.3) is 0 Å². The summed E-state index contributed by atoms with van der Waals surface area (Å²) in [6.45, 7) is 0. The first-order valence-corrected chi connectivity index (χ1v) is 7.29. The fourth-order valence-corrected chi connectivity index (χ4v) is 2.46. The van der Waals surface area contributed by atoms with Crippen molar-refractivity contribution in [3.05, 3.63) is 44.5 Å². The van der Waals surface area contributed by atoms with Gasteiger partial charge in [0.1, 0.15) is 5.82 Å². The second kappa shape index (κ2) is 6.27. The van der Waals surface area contributed by atoms with E-state index in [1.54, 1.807) is 19.2 Å². The van der Waals surface area contributed by atoms with E-state index in [0.717, 1.165) is 4.47 Å². The molecule has 0 spiro atoms. The third-order valence-corrected chi connectivity index (χ3v) is 3.91. The minimum atomic E-state index is -0.348. The van der Waals surface area contributed by atoms with Gasteiger partial charge in [-0.15, -0.1) is 0 Å². The maximum absolute atomic E-state index is 12.4. The first-order valence-electron chi connectivity index (χ1n) is 5.70. The fraction of sp³-hybridized carbons (Fsp3) is 0.0833. The highest BCUT2D eigenvalue weighted by molar-refractivity contribution is 9.11. The molecule has 0 saturated carbocycles. The van der Waals surface area contributed by atoms with Gasteiger partial charge in [-0.05, 0) is 34.1 Å². The number of amides is 1. The Bertz CT molecular complexity index is 726. The molecule has 0 bridgehead atoms. The molecule has 0 aliphatic heterocycles. The van der Waals surface area contributed by atoms with Gasteiger partial charge in [-0.25, -0.2) is 0 Å². The molecule has 1 aromatic heterocycles. The number of hydrogen-bond donors (Lipinski definition) is 3. The normalized spacial score (nSPS) is 11.5. The topological polar surface area (TPSA) is 106 Å². The molecule has 1 aromatic carbocycles. The number of amidine groups is 1. The summed E-state index contributed by atoms with van der Waals surface area (Å²) in [5.74, 6) is -0.146. The predicted octanol–water partition coefficient (Wildman–Crippen LogP) is 2.29. The molecule has 0 atom stereocenters. The molecular formula is C12H11Br2N5O2. The van der Waals surface area contributed by atoms with Crippen LogP contribution in [-0.2, 0) is 7.05 Å². The maximum Gasteiger partial charge on any atom is 0.258 e. The van der Waals surface area contributed by atoms with Gasteiger partial charge >= 0.3 is 0 Å². The lowest BCUT2D eigenvalue weighted by atomic mass is 10.2. The lowest BCUT2D eigenvalue weighted by Gasteiger charge is -2.09. The second-order valence-corrected chi connectivity index (χ2v) is 5.86. The number of oxime groups is 1. The van der Waals surface area contributed by atoms with Crippen molar-refractivity contribution in [3.8, 4) is 0 Å². The van der Waals surface area contributed by atoms with E-state index in [1.807, 2.05) is 6.07 Å². The first kappa shape index (κ1) is 15.5. The Morgan fingerprint density at radius 2 is 2.14 bits per heavy atom. The molecule has 110 valence electrons. The number of benzene rings is 1. The van der Waals surface area contributed by atoms with Gasteiger partial charge in [0.05, 0.1) is 17.3 Å². The standard InChI is InChI=1S/C12H11Br2N5O2/c1-19-11(8(5-16-19)10(15)18-21)17-12(20)7-4-6(13)2-3-9(7)14/h2-5,21H,1H3,(H2,15,18)(H,17,20). The summed E-state index contributed by atoms with van der Waals surface area (Å²) in [5.41, 5.74) is 6.33. The number of carbonyl (C=O) groups is 1. The number of carbonyl (C=O) groups excluding carboxylic acids is 1. The predicted molar refractivity (Wildman–Crippen MR) is 85.5 cm³/mol. The van der Waals surface area contributed by atoms with Crippen molar-refractivity contribution in [2.45, 2.75) is 0 Å². The molecule has 0 unspecified atom stereocenters. The van der Waals surface area contributed by atoms with Gasteiger partial charge in [-0.3, -0.25) is 9.48 Å². The average Bonchev–Trinajstić information content (AvgIpc) is 2.82. The largest absolute Gasteiger partial charge is 0.409 e. The highest BCUT2D eigenvalue weighted by Crippen LogP contribution is 2.23. The summed E-state index contributed by atoms with van der Waals surface area (Å²) in [7, 11) is 1.64. The molecule has 0 radical (unpaired) electrons. The van der Waals surface area contributed by atoms with Crippen molar-refractivity contribution in [1.82, 2.24) is 9.78 Å². The lowest BCUT2D eigenvalue weighted by Crippen LogP contribution is -2.20. The molecule has 1 amide bonds. The van der Waals surface area contributed by atoms with Crippen molar-refractivity contribution in [1.29, 1.82) is 0 Å². The van der Waals surface area contributed by atoms with Crippen LogP contribution in [0.3, 0.4) is 0 Å². The Morgan fingerprint density at radius 1 is 1.43 bits per heavy atom. The van der Waals surface area contributed by atoms with Crippen LogP contribution in [0.2, 0.25) is 0 Å². The van der Waals surface area contributed by atoms with Crippen LogP contribution in [-0.4, -0.2) is 26.7 Å². The Kier molecular flexibility index (Phi) is 4.63. The summed E-state index contributed by atoms with van der Waals surface area (Å²) in [6, 6.07) is 5.25. The Morgan fingerprint density at radius 3 is 2.81 bits per heavy atom. The van der Waals surface area contributed by atoms with Crippen molar-refractivity contribution >= 4 is 49.4 Å². The van der Waals surface area contributed by atoms with Gasteiger partial charge in [-0.2, -0.15) is 5.10 Å². The van der Waals surface area contributed by atoms with Crippen LogP contribution >= 0.6 is 31.9 Å². The van der Waals surface area contributed by atoms with Gasteiger partial charge in [0.2, 0.25) is 0 Å². The zero-order chi connectivity index (χ0) is 15.6. The smallest absolute Gasteiger partial charge is 0.258 e. The van der Waals surface area contributed by atoms with Crippen molar-refractivity contribution in [2.24, 2.45) is 17.9 Å². The summed E-state index contributed by atoms with van der Waals surface area (Å²) in [6.07, 6.45) is 1.40. The summed E-state index contributed by atoms with van der Waals surface area (Å²) < 4.78 is 2.85. The van der Waals surface area contributed by atoms with E-state index in [0.29, 0.717) is 21.4 Å². The molecule has 2 rings (SSSR count). The average molecular weight is 417 g/mol. The molecule has 0 aliphatic carbocycles. The van der Waals surface area contributed by atoms with Crippen LogP contribution in [0.5, 0.6) is 0 Å². The molecular weight excluding hydrogens is 406 g/mol. The Balaban J connectivity index is 2.36. The minimum Gasteiger partial charge on any atom is -0.409 e. The Labute approximate surface area is 137 Å². The zero-order valence-electron chi connectivity index (χ0n) is 10.8. The van der Waals surface area contributed by atoms with Gasteiger partial charge in [0.25, 0.3) is 5.91 Å². The quantitative estimate of drug-likeness (QED) is 0.309. The van der Waals surface area contributed by atoms with Crippen LogP contribution < -0.4 is 11.1 Å². The molecule has 0 fully saturated rings. The van der Waals surface area contributed by atoms with E-state index in [9.17, 15) is 4.79 Å². The number of aromatic nitrogens is 2. The molecule has 1 heterocycles. The lowest BCUT2D eigenvalue weighted by molar-refractivity contribution is 0.102. The molecule has 4 N–H and O–H groups in total. The summed E-state index contributed by atoms with van der Waals surface area (Å²) in [4.78, 5) is 12.4. The maximum atomic E-state index is 12.4. The van der Waals surface area contributed by atoms with Gasteiger partial charge in [0, 0.05) is 16.0 Å². The Hall–Kier alpha value is -1.87. The number of aryl methyl sites for hydroxylation is 1. The van der Waals surface area contributed by atoms with Crippen LogP contribution in [0.15, 0.2) is 38.5 Å². The van der Waals surface area contributed by atoms with Crippen LogP contribution in [0, 0.1) is 0 Å². The fourth-order valence-electron chi connectivity index (χ4n) is 1.67.